The quantitative estimate of drug-likeness (QED) is 0.208. The third-order valence-corrected chi connectivity index (χ3v) is 7.83. The van der Waals surface area contributed by atoms with Gasteiger partial charge in [-0.25, -0.2) is 13.1 Å². The Kier molecular flexibility index (Phi) is 9.09. The Hall–Kier alpha value is -3.62. The molecular weight excluding hydrogens is 523 g/mol. The van der Waals surface area contributed by atoms with Crippen LogP contribution < -0.4 is 9.46 Å². The van der Waals surface area contributed by atoms with Crippen LogP contribution in [0, 0.1) is 6.92 Å². The molecule has 0 aromatic heterocycles. The highest BCUT2D eigenvalue weighted by atomic mass is 32.2. The third kappa shape index (κ3) is 7.94. The van der Waals surface area contributed by atoms with Gasteiger partial charge in [0.15, 0.2) is 0 Å². The first kappa shape index (κ1) is 28.4. The minimum Gasteiger partial charge on any atom is -0.489 e. The average molecular weight is 554 g/mol. The smallest absolute Gasteiger partial charge is 0.417 e. The van der Waals surface area contributed by atoms with E-state index in [0.29, 0.717) is 37.2 Å². The van der Waals surface area contributed by atoms with Gasteiger partial charge in [0.1, 0.15) is 12.4 Å². The van der Waals surface area contributed by atoms with Crippen molar-refractivity contribution in [2.75, 3.05) is 0 Å². The molecule has 0 saturated carbocycles. The summed E-state index contributed by atoms with van der Waals surface area (Å²) >= 11 is 0. The Morgan fingerprint density at radius 3 is 2.10 bits per heavy atom. The molecule has 0 heterocycles. The number of hydrogen-bond donors (Lipinski definition) is 1. The molecule has 1 atom stereocenters. The summed E-state index contributed by atoms with van der Waals surface area (Å²) in [6, 6.07) is 28.3. The summed E-state index contributed by atoms with van der Waals surface area (Å²) in [4.78, 5) is -0.793. The standard InChI is InChI=1S/C31H30F3NO3S/c1-23-19-26(21-27(20-23)38-22-25-13-6-3-7-14-25)29(17-10-15-24-11-4-2-5-12-24)35-39(36,37)30-18-9-8-16-28(30)31(32,33)34/h2-9,11-14,16,18-21,29,35H,10,15,17,22H2,1H3. The van der Waals surface area contributed by atoms with Crippen molar-refractivity contribution >= 4 is 10.0 Å². The number of rotatable bonds is 11. The number of aryl methyl sites for hydroxylation is 2. The molecule has 1 unspecified atom stereocenters. The summed E-state index contributed by atoms with van der Waals surface area (Å²) in [5.41, 5.74) is 2.34. The molecule has 4 rings (SSSR count). The van der Waals surface area contributed by atoms with E-state index in [1.165, 1.54) is 12.1 Å². The normalized spacial score (nSPS) is 12.7. The summed E-state index contributed by atoms with van der Waals surface area (Å²) in [6.45, 7) is 2.19. The highest BCUT2D eigenvalue weighted by Gasteiger charge is 2.37. The first-order valence-electron chi connectivity index (χ1n) is 12.6. The molecule has 4 nitrogen and oxygen atoms in total. The topological polar surface area (TPSA) is 55.4 Å². The van der Waals surface area contributed by atoms with E-state index in [-0.39, 0.29) is 0 Å². The molecule has 0 bridgehead atoms. The molecule has 0 amide bonds. The largest absolute Gasteiger partial charge is 0.489 e. The first-order valence-corrected chi connectivity index (χ1v) is 14.1. The maximum atomic E-state index is 13.7. The van der Waals surface area contributed by atoms with E-state index in [1.54, 1.807) is 6.07 Å². The number of ether oxygens (including phenoxy) is 1. The van der Waals surface area contributed by atoms with Gasteiger partial charge in [-0.05, 0) is 72.7 Å². The van der Waals surface area contributed by atoms with Crippen molar-refractivity contribution < 1.29 is 26.3 Å². The van der Waals surface area contributed by atoms with E-state index < -0.39 is 32.7 Å². The molecule has 0 aliphatic heterocycles. The van der Waals surface area contributed by atoms with Crippen molar-refractivity contribution in [2.24, 2.45) is 0 Å². The van der Waals surface area contributed by atoms with Crippen molar-refractivity contribution in [1.29, 1.82) is 0 Å². The lowest BCUT2D eigenvalue weighted by atomic mass is 9.98. The Morgan fingerprint density at radius 2 is 1.44 bits per heavy atom. The van der Waals surface area contributed by atoms with E-state index in [0.717, 1.165) is 28.8 Å². The van der Waals surface area contributed by atoms with Crippen LogP contribution in [-0.2, 0) is 29.2 Å². The highest BCUT2D eigenvalue weighted by Crippen LogP contribution is 2.35. The predicted octanol–water partition coefficient (Wildman–Crippen LogP) is 7.64. The maximum Gasteiger partial charge on any atom is 0.417 e. The minimum atomic E-state index is -4.81. The summed E-state index contributed by atoms with van der Waals surface area (Å²) in [5, 5.41) is 0. The van der Waals surface area contributed by atoms with Crippen LogP contribution in [0.4, 0.5) is 13.2 Å². The first-order chi connectivity index (χ1) is 18.6. The lowest BCUT2D eigenvalue weighted by Crippen LogP contribution is -2.30. The SMILES string of the molecule is Cc1cc(OCc2ccccc2)cc(C(CCCc2ccccc2)NS(=O)(=O)c2ccccc2C(F)(F)F)c1. The second-order valence-electron chi connectivity index (χ2n) is 9.40. The fraction of sp³-hybridized carbons (Fsp3) is 0.226. The van der Waals surface area contributed by atoms with Crippen LogP contribution >= 0.6 is 0 Å². The van der Waals surface area contributed by atoms with Gasteiger partial charge in [-0.3, -0.25) is 0 Å². The molecule has 0 radical (unpaired) electrons. The summed E-state index contributed by atoms with van der Waals surface area (Å²) in [7, 11) is -4.51. The third-order valence-electron chi connectivity index (χ3n) is 6.30. The molecular formula is C31H30F3NO3S. The van der Waals surface area contributed by atoms with E-state index in [9.17, 15) is 21.6 Å². The zero-order valence-electron chi connectivity index (χ0n) is 21.5. The van der Waals surface area contributed by atoms with Gasteiger partial charge in [-0.2, -0.15) is 13.2 Å². The molecule has 4 aromatic carbocycles. The number of benzene rings is 4. The molecule has 0 spiro atoms. The second kappa shape index (κ2) is 12.5. The van der Waals surface area contributed by atoms with E-state index in [4.69, 9.17) is 4.74 Å². The predicted molar refractivity (Wildman–Crippen MR) is 146 cm³/mol. The molecule has 8 heteroatoms. The van der Waals surface area contributed by atoms with E-state index in [1.807, 2.05) is 79.7 Å². The summed E-state index contributed by atoms with van der Waals surface area (Å²) in [5.74, 6) is 0.553. The van der Waals surface area contributed by atoms with Gasteiger partial charge in [0.25, 0.3) is 0 Å². The van der Waals surface area contributed by atoms with Gasteiger partial charge in [-0.15, -0.1) is 0 Å². The number of sulfonamides is 1. The van der Waals surface area contributed by atoms with Crippen molar-refractivity contribution in [3.63, 3.8) is 0 Å². The Bertz CT molecular complexity index is 1470. The number of halogens is 3. The molecule has 0 aliphatic carbocycles. The van der Waals surface area contributed by atoms with Crippen LogP contribution in [0.3, 0.4) is 0 Å². The van der Waals surface area contributed by atoms with Crippen LogP contribution in [-0.4, -0.2) is 8.42 Å². The van der Waals surface area contributed by atoms with Gasteiger partial charge in [0.05, 0.1) is 10.5 Å². The monoisotopic (exact) mass is 553 g/mol. The number of alkyl halides is 3. The summed E-state index contributed by atoms with van der Waals surface area (Å²) < 4.78 is 76.2. The van der Waals surface area contributed by atoms with Crippen LogP contribution in [0.1, 0.15) is 46.7 Å². The molecule has 0 aliphatic rings. The van der Waals surface area contributed by atoms with Gasteiger partial charge in [-0.1, -0.05) is 78.9 Å². The number of nitrogens with one attached hydrogen (secondary N) is 1. The average Bonchev–Trinajstić information content (AvgIpc) is 2.92. The van der Waals surface area contributed by atoms with Crippen molar-refractivity contribution in [2.45, 2.75) is 49.9 Å². The minimum absolute atomic E-state index is 0.326. The van der Waals surface area contributed by atoms with Crippen LogP contribution in [0.25, 0.3) is 0 Å². The molecule has 4 aromatic rings. The Labute approximate surface area is 227 Å². The van der Waals surface area contributed by atoms with E-state index in [2.05, 4.69) is 4.72 Å². The summed E-state index contributed by atoms with van der Waals surface area (Å²) in [6.07, 6.45) is -3.12. The second-order valence-corrected chi connectivity index (χ2v) is 11.1. The number of hydrogen-bond acceptors (Lipinski definition) is 3. The fourth-order valence-corrected chi connectivity index (χ4v) is 5.92. The zero-order valence-corrected chi connectivity index (χ0v) is 22.3. The van der Waals surface area contributed by atoms with Crippen molar-refractivity contribution in [1.82, 2.24) is 4.72 Å². The molecule has 0 fully saturated rings. The zero-order chi connectivity index (χ0) is 27.9. The Balaban J connectivity index is 1.63. The van der Waals surface area contributed by atoms with Crippen LogP contribution in [0.5, 0.6) is 5.75 Å². The highest BCUT2D eigenvalue weighted by molar-refractivity contribution is 7.89. The van der Waals surface area contributed by atoms with E-state index >= 15 is 0 Å². The van der Waals surface area contributed by atoms with Gasteiger partial charge >= 0.3 is 6.18 Å². The van der Waals surface area contributed by atoms with Gasteiger partial charge in [0, 0.05) is 6.04 Å². The van der Waals surface area contributed by atoms with Crippen LogP contribution in [0.15, 0.2) is 108 Å². The van der Waals surface area contributed by atoms with Crippen LogP contribution in [0.2, 0.25) is 0 Å². The van der Waals surface area contributed by atoms with Gasteiger partial charge < -0.3 is 4.74 Å². The van der Waals surface area contributed by atoms with Crippen molar-refractivity contribution in [3.05, 3.63) is 131 Å². The maximum absolute atomic E-state index is 13.7. The fourth-order valence-electron chi connectivity index (χ4n) is 4.44. The molecule has 0 saturated heterocycles. The molecule has 204 valence electrons. The lowest BCUT2D eigenvalue weighted by Gasteiger charge is -2.22. The van der Waals surface area contributed by atoms with Gasteiger partial charge in [0.2, 0.25) is 10.0 Å². The molecule has 39 heavy (non-hydrogen) atoms. The lowest BCUT2D eigenvalue weighted by molar-refractivity contribution is -0.139. The van der Waals surface area contributed by atoms with Crippen molar-refractivity contribution in [3.8, 4) is 5.75 Å². The Morgan fingerprint density at radius 1 is 0.821 bits per heavy atom. The molecule has 1 N–H and O–H groups in total.